The van der Waals surface area contributed by atoms with Crippen LogP contribution >= 0.6 is 22.7 Å². The van der Waals surface area contributed by atoms with E-state index in [1.807, 2.05) is 43.7 Å². The van der Waals surface area contributed by atoms with Crippen LogP contribution in [0.3, 0.4) is 0 Å². The van der Waals surface area contributed by atoms with Gasteiger partial charge >= 0.3 is 6.09 Å². The first-order chi connectivity index (χ1) is 8.46. The van der Waals surface area contributed by atoms with E-state index in [1.54, 1.807) is 22.7 Å². The van der Waals surface area contributed by atoms with Crippen molar-refractivity contribution in [2.24, 2.45) is 0 Å². The van der Waals surface area contributed by atoms with E-state index in [1.165, 1.54) is 0 Å². The monoisotopic (exact) mass is 281 g/mol. The van der Waals surface area contributed by atoms with Crippen molar-refractivity contribution in [2.75, 3.05) is 5.32 Å². The molecule has 0 aromatic carbocycles. The molecule has 0 aliphatic heterocycles. The third-order valence-corrected chi connectivity index (χ3v) is 3.73. The van der Waals surface area contributed by atoms with Crippen molar-refractivity contribution in [1.82, 2.24) is 0 Å². The highest BCUT2D eigenvalue weighted by Crippen LogP contribution is 2.35. The zero-order chi connectivity index (χ0) is 13.2. The minimum atomic E-state index is -0.483. The predicted molar refractivity (Wildman–Crippen MR) is 77.5 cm³/mol. The summed E-state index contributed by atoms with van der Waals surface area (Å²) in [5, 5.41) is 8.83. The Balaban J connectivity index is 2.12. The molecule has 96 valence electrons. The lowest BCUT2D eigenvalue weighted by Gasteiger charge is -2.19. The molecule has 1 amide bonds. The van der Waals surface area contributed by atoms with E-state index >= 15 is 0 Å². The number of hydrogen-bond acceptors (Lipinski definition) is 4. The third-order valence-electron chi connectivity index (χ3n) is 2.08. The Morgan fingerprint density at radius 2 is 2.06 bits per heavy atom. The van der Waals surface area contributed by atoms with Crippen molar-refractivity contribution in [3.63, 3.8) is 0 Å². The molecule has 0 spiro atoms. The molecule has 2 aromatic heterocycles. The normalized spacial score (nSPS) is 11.3. The molecule has 2 heterocycles. The van der Waals surface area contributed by atoms with Crippen molar-refractivity contribution in [1.29, 1.82) is 0 Å². The van der Waals surface area contributed by atoms with E-state index in [0.29, 0.717) is 0 Å². The van der Waals surface area contributed by atoms with Crippen LogP contribution in [-0.2, 0) is 4.74 Å². The summed E-state index contributed by atoms with van der Waals surface area (Å²) in [5.41, 5.74) is 1.44. The van der Waals surface area contributed by atoms with Gasteiger partial charge in [-0.1, -0.05) is 0 Å². The van der Waals surface area contributed by atoms with Gasteiger partial charge in [0.2, 0.25) is 0 Å². The maximum Gasteiger partial charge on any atom is 0.412 e. The summed E-state index contributed by atoms with van der Waals surface area (Å²) in [6.45, 7) is 5.54. The molecule has 2 aromatic rings. The topological polar surface area (TPSA) is 38.3 Å². The van der Waals surface area contributed by atoms with E-state index < -0.39 is 11.7 Å². The highest BCUT2D eigenvalue weighted by atomic mass is 32.1. The van der Waals surface area contributed by atoms with Crippen LogP contribution in [0.2, 0.25) is 0 Å². The van der Waals surface area contributed by atoms with E-state index in [4.69, 9.17) is 4.74 Å². The quantitative estimate of drug-likeness (QED) is 0.856. The van der Waals surface area contributed by atoms with Crippen LogP contribution in [-0.4, -0.2) is 11.7 Å². The fraction of sp³-hybridized carbons (Fsp3) is 0.308. The first-order valence-corrected chi connectivity index (χ1v) is 7.38. The Morgan fingerprint density at radius 3 is 2.67 bits per heavy atom. The molecular formula is C13H15NO2S2. The van der Waals surface area contributed by atoms with Crippen molar-refractivity contribution in [2.45, 2.75) is 26.4 Å². The molecule has 0 unspecified atom stereocenters. The minimum absolute atomic E-state index is 0.419. The van der Waals surface area contributed by atoms with E-state index in [0.717, 1.165) is 16.1 Å². The molecule has 0 radical (unpaired) electrons. The van der Waals surface area contributed by atoms with Gasteiger partial charge in [-0.3, -0.25) is 5.32 Å². The van der Waals surface area contributed by atoms with Crippen molar-refractivity contribution < 1.29 is 9.53 Å². The van der Waals surface area contributed by atoms with Gasteiger partial charge < -0.3 is 4.74 Å². The second-order valence-corrected chi connectivity index (χ2v) is 6.50. The van der Waals surface area contributed by atoms with Gasteiger partial charge in [0.05, 0.1) is 10.6 Å². The smallest absolute Gasteiger partial charge is 0.412 e. The Morgan fingerprint density at radius 1 is 1.28 bits per heavy atom. The van der Waals surface area contributed by atoms with Crippen LogP contribution in [0.25, 0.3) is 10.4 Å². The Bertz CT molecular complexity index is 523. The molecule has 2 rings (SSSR count). The molecule has 0 saturated carbocycles. The van der Waals surface area contributed by atoms with Gasteiger partial charge in [0.15, 0.2) is 0 Å². The first kappa shape index (κ1) is 13.1. The van der Waals surface area contributed by atoms with E-state index in [2.05, 4.69) is 10.7 Å². The zero-order valence-electron chi connectivity index (χ0n) is 10.5. The van der Waals surface area contributed by atoms with Crippen molar-refractivity contribution in [3.05, 3.63) is 28.3 Å². The number of carbonyl (C=O) groups is 1. The molecule has 5 heteroatoms. The summed E-state index contributed by atoms with van der Waals surface area (Å²) in [5.74, 6) is 0. The van der Waals surface area contributed by atoms with Crippen molar-refractivity contribution in [3.8, 4) is 10.4 Å². The van der Waals surface area contributed by atoms with Crippen LogP contribution in [0, 0.1) is 0 Å². The minimum Gasteiger partial charge on any atom is -0.444 e. The van der Waals surface area contributed by atoms with Crippen LogP contribution in [0.1, 0.15) is 20.8 Å². The molecule has 0 aliphatic rings. The molecule has 0 fully saturated rings. The number of carbonyl (C=O) groups excluding carboxylic acids is 1. The number of thiophene rings is 2. The summed E-state index contributed by atoms with van der Waals surface area (Å²) in [6.07, 6.45) is -0.419. The third kappa shape index (κ3) is 3.34. The maximum atomic E-state index is 11.7. The number of ether oxygens (including phenoxy) is 1. The van der Waals surface area contributed by atoms with Crippen molar-refractivity contribution >= 4 is 34.5 Å². The van der Waals surface area contributed by atoms with Gasteiger partial charge in [-0.05, 0) is 49.0 Å². The summed E-state index contributed by atoms with van der Waals surface area (Å²) >= 11 is 3.24. The average molecular weight is 281 g/mol. The second kappa shape index (κ2) is 5.12. The molecule has 0 atom stereocenters. The number of rotatable bonds is 2. The summed E-state index contributed by atoms with van der Waals surface area (Å²) in [7, 11) is 0. The second-order valence-electron chi connectivity index (χ2n) is 4.80. The Labute approximate surface area is 114 Å². The van der Waals surface area contributed by atoms with Crippen LogP contribution in [0.5, 0.6) is 0 Å². The SMILES string of the molecule is CC(C)(C)OC(=O)Nc1ccsc1-c1ccsc1. The Kier molecular flexibility index (Phi) is 3.73. The van der Waals surface area contributed by atoms with Gasteiger partial charge in [-0.2, -0.15) is 11.3 Å². The van der Waals surface area contributed by atoms with Gasteiger partial charge in [-0.25, -0.2) is 4.79 Å². The van der Waals surface area contributed by atoms with Crippen LogP contribution in [0.15, 0.2) is 28.3 Å². The van der Waals surface area contributed by atoms with E-state index in [-0.39, 0.29) is 0 Å². The number of amides is 1. The summed E-state index contributed by atoms with van der Waals surface area (Å²) in [4.78, 5) is 12.8. The van der Waals surface area contributed by atoms with Crippen LogP contribution < -0.4 is 5.32 Å². The van der Waals surface area contributed by atoms with Gasteiger partial charge in [0.1, 0.15) is 5.60 Å². The number of hydrogen-bond donors (Lipinski definition) is 1. The predicted octanol–water partition coefficient (Wildman–Crippen LogP) is 4.82. The molecule has 18 heavy (non-hydrogen) atoms. The van der Waals surface area contributed by atoms with Crippen LogP contribution in [0.4, 0.5) is 10.5 Å². The maximum absolute atomic E-state index is 11.7. The zero-order valence-corrected chi connectivity index (χ0v) is 12.2. The number of anilines is 1. The molecule has 1 N–H and O–H groups in total. The van der Waals surface area contributed by atoms with Gasteiger partial charge in [0, 0.05) is 5.56 Å². The lowest BCUT2D eigenvalue weighted by molar-refractivity contribution is 0.0636. The van der Waals surface area contributed by atoms with E-state index in [9.17, 15) is 4.79 Å². The largest absolute Gasteiger partial charge is 0.444 e. The fourth-order valence-corrected chi connectivity index (χ4v) is 3.01. The highest BCUT2D eigenvalue weighted by Gasteiger charge is 2.18. The molecule has 3 nitrogen and oxygen atoms in total. The molecule has 0 bridgehead atoms. The molecule has 0 aliphatic carbocycles. The van der Waals surface area contributed by atoms with Gasteiger partial charge in [-0.15, -0.1) is 11.3 Å². The lowest BCUT2D eigenvalue weighted by Crippen LogP contribution is -2.27. The van der Waals surface area contributed by atoms with Gasteiger partial charge in [0.25, 0.3) is 0 Å². The molecular weight excluding hydrogens is 266 g/mol. The standard InChI is InChI=1S/C13H15NO2S2/c1-13(2,3)16-12(15)14-10-5-7-18-11(10)9-4-6-17-8-9/h4-8H,1-3H3,(H,14,15). The number of nitrogens with one attached hydrogen (secondary N) is 1. The lowest BCUT2D eigenvalue weighted by atomic mass is 10.2. The first-order valence-electron chi connectivity index (χ1n) is 5.56. The average Bonchev–Trinajstić information content (AvgIpc) is 2.82. The molecule has 0 saturated heterocycles. The summed E-state index contributed by atoms with van der Waals surface area (Å²) in [6, 6.07) is 3.93. The highest BCUT2D eigenvalue weighted by molar-refractivity contribution is 7.15. The Hall–Kier alpha value is -1.33. The summed E-state index contributed by atoms with van der Waals surface area (Å²) < 4.78 is 5.24. The fourth-order valence-electron chi connectivity index (χ4n) is 1.44.